The highest BCUT2D eigenvalue weighted by Crippen LogP contribution is 2.22. The van der Waals surface area contributed by atoms with E-state index < -0.39 is 23.3 Å². The minimum absolute atomic E-state index is 0.0129. The Morgan fingerprint density at radius 2 is 1.95 bits per heavy atom. The predicted octanol–water partition coefficient (Wildman–Crippen LogP) is 2.58. The van der Waals surface area contributed by atoms with Crippen molar-refractivity contribution < 1.29 is 23.5 Å². The number of anilines is 1. The lowest BCUT2D eigenvalue weighted by Crippen LogP contribution is -2.14. The quantitative estimate of drug-likeness (QED) is 0.525. The Bertz CT molecular complexity index is 526. The smallest absolute Gasteiger partial charge is 0.342 e. The molecule has 0 radical (unpaired) electrons. The van der Waals surface area contributed by atoms with Gasteiger partial charge < -0.3 is 10.1 Å². The van der Waals surface area contributed by atoms with Crippen LogP contribution in [0.15, 0.2) is 24.8 Å². The molecule has 0 aliphatic carbocycles. The number of aldehydes is 1. The average Bonchev–Trinajstić information content (AvgIpc) is 2.37. The van der Waals surface area contributed by atoms with E-state index in [1.165, 1.54) is 13.0 Å². The topological polar surface area (TPSA) is 72.5 Å². The van der Waals surface area contributed by atoms with Crippen molar-refractivity contribution in [3.8, 4) is 0 Å². The van der Waals surface area contributed by atoms with Crippen molar-refractivity contribution >= 4 is 23.9 Å². The van der Waals surface area contributed by atoms with Crippen LogP contribution in [-0.4, -0.2) is 25.3 Å². The van der Waals surface area contributed by atoms with Crippen LogP contribution in [0.2, 0.25) is 0 Å². The molecule has 0 atom stereocenters. The second kappa shape index (κ2) is 8.58. The van der Waals surface area contributed by atoms with Gasteiger partial charge in [-0.05, 0) is 19.1 Å². The van der Waals surface area contributed by atoms with E-state index in [1.807, 2.05) is 6.92 Å². The third-order valence-electron chi connectivity index (χ3n) is 1.95. The highest BCUT2D eigenvalue weighted by Gasteiger charge is 2.19. The van der Waals surface area contributed by atoms with Gasteiger partial charge in [0.05, 0.1) is 12.8 Å². The molecule has 0 aliphatic heterocycles. The fourth-order valence-corrected chi connectivity index (χ4v) is 1.29. The molecule has 1 aromatic carbocycles. The molecule has 0 saturated carbocycles. The third-order valence-corrected chi connectivity index (χ3v) is 1.95. The van der Waals surface area contributed by atoms with Gasteiger partial charge in [0.2, 0.25) is 5.91 Å². The molecule has 1 N–H and O–H groups in total. The largest absolute Gasteiger partial charge is 0.465 e. The second-order valence-corrected chi connectivity index (χ2v) is 3.62. The van der Waals surface area contributed by atoms with E-state index in [4.69, 9.17) is 0 Å². The van der Waals surface area contributed by atoms with Crippen LogP contribution >= 0.6 is 0 Å². The molecule has 0 aromatic heterocycles. The number of benzene rings is 1. The van der Waals surface area contributed by atoms with Crippen LogP contribution in [0.3, 0.4) is 0 Å². The molecule has 5 nitrogen and oxygen atoms in total. The van der Waals surface area contributed by atoms with Crippen molar-refractivity contribution in [1.29, 1.82) is 0 Å². The molecule has 0 saturated heterocycles. The SMILES string of the molecule is C=CC.COC(=O)c1c(F)cc(C=O)cc1NC(C)=O. The van der Waals surface area contributed by atoms with Gasteiger partial charge >= 0.3 is 5.97 Å². The number of rotatable bonds is 3. The van der Waals surface area contributed by atoms with Gasteiger partial charge in [-0.1, -0.05) is 6.08 Å². The van der Waals surface area contributed by atoms with Gasteiger partial charge in [0.1, 0.15) is 17.7 Å². The van der Waals surface area contributed by atoms with Gasteiger partial charge in [-0.3, -0.25) is 9.59 Å². The molecule has 20 heavy (non-hydrogen) atoms. The standard InChI is InChI=1S/C11H10FNO4.C3H6/c1-6(15)13-9-4-7(5-14)3-8(12)10(9)11(16)17-2;1-3-2/h3-5H,1-2H3,(H,13,15);3H,1H2,2H3. The zero-order chi connectivity index (χ0) is 15.7. The Balaban J connectivity index is 0.00000110. The molecule has 0 bridgehead atoms. The molecule has 6 heteroatoms. The Hall–Kier alpha value is -2.50. The zero-order valence-corrected chi connectivity index (χ0v) is 11.5. The molecule has 0 spiro atoms. The number of allylic oxidation sites excluding steroid dienone is 1. The number of methoxy groups -OCH3 is 1. The van der Waals surface area contributed by atoms with Crippen molar-refractivity contribution in [2.24, 2.45) is 0 Å². The van der Waals surface area contributed by atoms with Gasteiger partial charge in [0, 0.05) is 12.5 Å². The van der Waals surface area contributed by atoms with E-state index in [1.54, 1.807) is 6.08 Å². The Morgan fingerprint density at radius 3 is 2.35 bits per heavy atom. The number of carbonyl (C=O) groups is 3. The molecule has 0 unspecified atom stereocenters. The highest BCUT2D eigenvalue weighted by molar-refractivity contribution is 6.02. The van der Waals surface area contributed by atoms with Crippen LogP contribution in [0.4, 0.5) is 10.1 Å². The summed E-state index contributed by atoms with van der Waals surface area (Å²) in [7, 11) is 1.09. The molecule has 0 fully saturated rings. The lowest BCUT2D eigenvalue weighted by molar-refractivity contribution is -0.114. The fraction of sp³-hybridized carbons (Fsp3) is 0.214. The zero-order valence-electron chi connectivity index (χ0n) is 11.5. The van der Waals surface area contributed by atoms with Crippen LogP contribution in [0.5, 0.6) is 0 Å². The van der Waals surface area contributed by atoms with E-state index >= 15 is 0 Å². The first-order chi connectivity index (χ1) is 9.40. The third kappa shape index (κ3) is 5.01. The molecular weight excluding hydrogens is 265 g/mol. The maximum atomic E-state index is 13.6. The number of ether oxygens (including phenoxy) is 1. The van der Waals surface area contributed by atoms with E-state index in [0.29, 0.717) is 6.29 Å². The van der Waals surface area contributed by atoms with Crippen LogP contribution in [0.1, 0.15) is 34.6 Å². The molecular formula is C14H16FNO4. The predicted molar refractivity (Wildman–Crippen MR) is 73.3 cm³/mol. The van der Waals surface area contributed by atoms with Gasteiger partial charge in [-0.15, -0.1) is 6.58 Å². The average molecular weight is 281 g/mol. The molecule has 108 valence electrons. The summed E-state index contributed by atoms with van der Waals surface area (Å²) >= 11 is 0. The maximum absolute atomic E-state index is 13.6. The van der Waals surface area contributed by atoms with Crippen LogP contribution in [-0.2, 0) is 9.53 Å². The lowest BCUT2D eigenvalue weighted by Gasteiger charge is -2.10. The number of hydrogen-bond acceptors (Lipinski definition) is 4. The van der Waals surface area contributed by atoms with Gasteiger partial charge in [-0.25, -0.2) is 9.18 Å². The molecule has 1 amide bonds. The summed E-state index contributed by atoms with van der Waals surface area (Å²) in [5, 5.41) is 2.27. The van der Waals surface area contributed by atoms with Gasteiger partial charge in [-0.2, -0.15) is 0 Å². The first kappa shape index (κ1) is 17.5. The first-order valence-electron chi connectivity index (χ1n) is 5.62. The normalized spacial score (nSPS) is 8.80. The number of hydrogen-bond donors (Lipinski definition) is 1. The number of nitrogens with one attached hydrogen (secondary N) is 1. The monoisotopic (exact) mass is 281 g/mol. The van der Waals surface area contributed by atoms with Crippen LogP contribution in [0.25, 0.3) is 0 Å². The molecule has 0 heterocycles. The summed E-state index contributed by atoms with van der Waals surface area (Å²) in [4.78, 5) is 32.8. The molecule has 1 rings (SSSR count). The summed E-state index contributed by atoms with van der Waals surface area (Å²) < 4.78 is 18.0. The van der Waals surface area contributed by atoms with E-state index in [9.17, 15) is 18.8 Å². The summed E-state index contributed by atoms with van der Waals surface area (Å²) in [5.74, 6) is -2.34. The summed E-state index contributed by atoms with van der Waals surface area (Å²) in [5.41, 5.74) is -0.487. The first-order valence-corrected chi connectivity index (χ1v) is 5.62. The van der Waals surface area contributed by atoms with Crippen molar-refractivity contribution in [2.45, 2.75) is 13.8 Å². The van der Waals surface area contributed by atoms with Crippen molar-refractivity contribution in [3.05, 3.63) is 41.7 Å². The summed E-state index contributed by atoms with van der Waals surface area (Å²) in [6.07, 6.45) is 2.16. The van der Waals surface area contributed by atoms with Crippen LogP contribution < -0.4 is 5.32 Å². The number of halogens is 1. The van der Waals surface area contributed by atoms with Crippen molar-refractivity contribution in [1.82, 2.24) is 0 Å². The Morgan fingerprint density at radius 1 is 1.40 bits per heavy atom. The lowest BCUT2D eigenvalue weighted by atomic mass is 10.1. The van der Waals surface area contributed by atoms with Crippen molar-refractivity contribution in [2.75, 3.05) is 12.4 Å². The highest BCUT2D eigenvalue weighted by atomic mass is 19.1. The second-order valence-electron chi connectivity index (χ2n) is 3.62. The van der Waals surface area contributed by atoms with Gasteiger partial charge in [0.25, 0.3) is 0 Å². The number of esters is 1. The summed E-state index contributed by atoms with van der Waals surface area (Å²) in [6, 6.07) is 2.09. The van der Waals surface area contributed by atoms with E-state index in [-0.39, 0.29) is 11.3 Å². The molecule has 0 aliphatic rings. The van der Waals surface area contributed by atoms with E-state index in [2.05, 4.69) is 16.6 Å². The summed E-state index contributed by atoms with van der Waals surface area (Å²) in [6.45, 7) is 6.45. The van der Waals surface area contributed by atoms with Gasteiger partial charge in [0.15, 0.2) is 0 Å². The van der Waals surface area contributed by atoms with Crippen LogP contribution in [0, 0.1) is 5.82 Å². The Kier molecular flexibility index (Phi) is 7.50. The minimum Gasteiger partial charge on any atom is -0.465 e. The van der Waals surface area contributed by atoms with Crippen molar-refractivity contribution in [3.63, 3.8) is 0 Å². The number of carbonyl (C=O) groups excluding carboxylic acids is 3. The van der Waals surface area contributed by atoms with E-state index in [0.717, 1.165) is 13.2 Å². The Labute approximate surface area is 116 Å². The maximum Gasteiger partial charge on any atom is 0.342 e. The fourth-order valence-electron chi connectivity index (χ4n) is 1.29. The number of amides is 1. The molecule has 1 aromatic rings. The minimum atomic E-state index is -0.927.